The van der Waals surface area contributed by atoms with Gasteiger partial charge in [-0.1, -0.05) is 0 Å². The van der Waals surface area contributed by atoms with Crippen LogP contribution >= 0.6 is 0 Å². The Bertz CT molecular complexity index is 408. The summed E-state index contributed by atoms with van der Waals surface area (Å²) in [6.07, 6.45) is 5.55. The minimum absolute atomic E-state index is 0.786. The van der Waals surface area contributed by atoms with Crippen LogP contribution in [0, 0.1) is 0 Å². The number of pyridine rings is 1. The van der Waals surface area contributed by atoms with Crippen LogP contribution in [0.5, 0.6) is 0 Å². The van der Waals surface area contributed by atoms with Crippen LogP contribution in [0.2, 0.25) is 0 Å². The van der Waals surface area contributed by atoms with Gasteiger partial charge in [-0.05, 0) is 30.7 Å². The Labute approximate surface area is 89.0 Å². The van der Waals surface area contributed by atoms with E-state index in [1.54, 1.807) is 6.20 Å². The quantitative estimate of drug-likeness (QED) is 0.821. The van der Waals surface area contributed by atoms with Crippen LogP contribution in [0.15, 0.2) is 36.8 Å². The van der Waals surface area contributed by atoms with Crippen molar-refractivity contribution in [2.75, 3.05) is 11.9 Å². The highest BCUT2D eigenvalue weighted by Gasteiger charge is 1.97. The maximum atomic E-state index is 4.22. The highest BCUT2D eigenvalue weighted by molar-refractivity contribution is 5.37. The highest BCUT2D eigenvalue weighted by atomic mass is 15.3. The Morgan fingerprint density at radius 1 is 1.40 bits per heavy atom. The van der Waals surface area contributed by atoms with Gasteiger partial charge in [-0.25, -0.2) is 4.98 Å². The molecule has 0 aliphatic rings. The number of rotatable bonds is 4. The van der Waals surface area contributed by atoms with Crippen LogP contribution < -0.4 is 5.32 Å². The zero-order valence-corrected chi connectivity index (χ0v) is 8.72. The average molecular weight is 202 g/mol. The first kappa shape index (κ1) is 9.71. The van der Waals surface area contributed by atoms with Crippen LogP contribution in [0.1, 0.15) is 12.5 Å². The van der Waals surface area contributed by atoms with E-state index in [-0.39, 0.29) is 0 Å². The Kier molecular flexibility index (Phi) is 2.97. The van der Waals surface area contributed by atoms with Crippen LogP contribution in [0.4, 0.5) is 5.82 Å². The van der Waals surface area contributed by atoms with Crippen molar-refractivity contribution >= 4 is 5.82 Å². The molecule has 0 saturated carbocycles. The molecule has 0 aliphatic carbocycles. The summed E-state index contributed by atoms with van der Waals surface area (Å²) in [5.41, 5.74) is 1.20. The lowest BCUT2D eigenvalue weighted by atomic mass is 10.2. The molecule has 2 aromatic heterocycles. The van der Waals surface area contributed by atoms with Crippen molar-refractivity contribution in [3.05, 3.63) is 42.4 Å². The van der Waals surface area contributed by atoms with E-state index in [9.17, 15) is 0 Å². The van der Waals surface area contributed by atoms with Gasteiger partial charge >= 0.3 is 0 Å². The molecule has 78 valence electrons. The van der Waals surface area contributed by atoms with Gasteiger partial charge in [-0.3, -0.25) is 4.68 Å². The Balaban J connectivity index is 2.11. The van der Waals surface area contributed by atoms with Crippen molar-refractivity contribution in [3.8, 4) is 0 Å². The van der Waals surface area contributed by atoms with E-state index in [1.165, 1.54) is 5.56 Å². The molecule has 0 aromatic carbocycles. The molecule has 1 N–H and O–H groups in total. The molecule has 2 heterocycles. The molecule has 0 unspecified atom stereocenters. The van der Waals surface area contributed by atoms with Gasteiger partial charge in [0, 0.05) is 25.1 Å². The Morgan fingerprint density at radius 3 is 3.07 bits per heavy atom. The number of hydrogen-bond acceptors (Lipinski definition) is 3. The predicted molar refractivity (Wildman–Crippen MR) is 59.7 cm³/mol. The minimum atomic E-state index is 0.786. The molecule has 4 heteroatoms. The summed E-state index contributed by atoms with van der Waals surface area (Å²) in [6.45, 7) is 3.73. The van der Waals surface area contributed by atoms with Crippen LogP contribution in [-0.2, 0) is 6.54 Å². The zero-order chi connectivity index (χ0) is 10.5. The van der Waals surface area contributed by atoms with Crippen LogP contribution in [-0.4, -0.2) is 21.3 Å². The minimum Gasteiger partial charge on any atom is -0.370 e. The summed E-state index contributed by atoms with van der Waals surface area (Å²) < 4.78 is 1.89. The molecule has 0 aliphatic heterocycles. The lowest BCUT2D eigenvalue weighted by molar-refractivity contribution is 0.686. The molecule has 2 rings (SSSR count). The van der Waals surface area contributed by atoms with Gasteiger partial charge in [0.05, 0.1) is 6.54 Å². The van der Waals surface area contributed by atoms with E-state index >= 15 is 0 Å². The molecule has 0 saturated heterocycles. The van der Waals surface area contributed by atoms with E-state index in [2.05, 4.69) is 22.3 Å². The number of hydrogen-bond donors (Lipinski definition) is 1. The van der Waals surface area contributed by atoms with E-state index in [0.29, 0.717) is 0 Å². The highest BCUT2D eigenvalue weighted by Crippen LogP contribution is 2.07. The van der Waals surface area contributed by atoms with Crippen molar-refractivity contribution < 1.29 is 0 Å². The van der Waals surface area contributed by atoms with Crippen LogP contribution in [0.25, 0.3) is 0 Å². The van der Waals surface area contributed by atoms with Gasteiger partial charge in [-0.15, -0.1) is 0 Å². The summed E-state index contributed by atoms with van der Waals surface area (Å²) in [5, 5.41) is 7.35. The summed E-state index contributed by atoms with van der Waals surface area (Å²) in [4.78, 5) is 4.22. The standard InChI is InChI=1S/C11H14N4/c1-2-12-11-8-10(4-6-13-11)9-15-7-3-5-14-15/h3-8H,2,9H2,1H3,(H,12,13). The molecular formula is C11H14N4. The molecule has 0 spiro atoms. The molecule has 0 radical (unpaired) electrons. The first-order valence-electron chi connectivity index (χ1n) is 5.04. The second kappa shape index (κ2) is 4.59. The lowest BCUT2D eigenvalue weighted by Gasteiger charge is -2.05. The Hall–Kier alpha value is -1.84. The predicted octanol–water partition coefficient (Wildman–Crippen LogP) is 1.76. The maximum absolute atomic E-state index is 4.22. The second-order valence-corrected chi connectivity index (χ2v) is 3.28. The number of nitrogens with one attached hydrogen (secondary N) is 1. The van der Waals surface area contributed by atoms with Gasteiger partial charge < -0.3 is 5.32 Å². The van der Waals surface area contributed by atoms with Crippen molar-refractivity contribution in [1.82, 2.24) is 14.8 Å². The molecular weight excluding hydrogens is 188 g/mol. The third-order valence-corrected chi connectivity index (χ3v) is 2.09. The summed E-state index contributed by atoms with van der Waals surface area (Å²) in [7, 11) is 0. The van der Waals surface area contributed by atoms with Crippen molar-refractivity contribution in [2.45, 2.75) is 13.5 Å². The molecule has 0 atom stereocenters. The molecule has 0 amide bonds. The van der Waals surface area contributed by atoms with Gasteiger partial charge in [-0.2, -0.15) is 5.10 Å². The van der Waals surface area contributed by atoms with Gasteiger partial charge in [0.15, 0.2) is 0 Å². The average Bonchev–Trinajstić information content (AvgIpc) is 2.71. The molecule has 4 nitrogen and oxygen atoms in total. The molecule has 0 bridgehead atoms. The normalized spacial score (nSPS) is 10.2. The van der Waals surface area contributed by atoms with E-state index in [4.69, 9.17) is 0 Å². The number of aromatic nitrogens is 3. The molecule has 2 aromatic rings. The summed E-state index contributed by atoms with van der Waals surface area (Å²) >= 11 is 0. The first-order chi connectivity index (χ1) is 7.38. The fraction of sp³-hybridized carbons (Fsp3) is 0.273. The molecule has 15 heavy (non-hydrogen) atoms. The van der Waals surface area contributed by atoms with E-state index < -0.39 is 0 Å². The fourth-order valence-corrected chi connectivity index (χ4v) is 1.43. The third-order valence-electron chi connectivity index (χ3n) is 2.09. The van der Waals surface area contributed by atoms with Crippen molar-refractivity contribution in [1.29, 1.82) is 0 Å². The largest absolute Gasteiger partial charge is 0.370 e. The van der Waals surface area contributed by atoms with Crippen LogP contribution in [0.3, 0.4) is 0 Å². The number of anilines is 1. The van der Waals surface area contributed by atoms with Crippen molar-refractivity contribution in [2.24, 2.45) is 0 Å². The summed E-state index contributed by atoms with van der Waals surface area (Å²) in [6, 6.07) is 5.97. The first-order valence-corrected chi connectivity index (χ1v) is 5.04. The fourth-order valence-electron chi connectivity index (χ4n) is 1.43. The number of nitrogens with zero attached hydrogens (tertiary/aromatic N) is 3. The zero-order valence-electron chi connectivity index (χ0n) is 8.72. The van der Waals surface area contributed by atoms with E-state index in [1.807, 2.05) is 35.3 Å². The van der Waals surface area contributed by atoms with Gasteiger partial charge in [0.1, 0.15) is 5.82 Å². The summed E-state index contributed by atoms with van der Waals surface area (Å²) in [5.74, 6) is 0.919. The van der Waals surface area contributed by atoms with E-state index in [0.717, 1.165) is 18.9 Å². The maximum Gasteiger partial charge on any atom is 0.126 e. The topological polar surface area (TPSA) is 42.7 Å². The monoisotopic (exact) mass is 202 g/mol. The van der Waals surface area contributed by atoms with Gasteiger partial charge in [0.25, 0.3) is 0 Å². The smallest absolute Gasteiger partial charge is 0.126 e. The lowest BCUT2D eigenvalue weighted by Crippen LogP contribution is -2.03. The van der Waals surface area contributed by atoms with Crippen molar-refractivity contribution in [3.63, 3.8) is 0 Å². The SMILES string of the molecule is CCNc1cc(Cn2cccn2)ccn1. The molecule has 0 fully saturated rings. The third kappa shape index (κ3) is 2.56. The Morgan fingerprint density at radius 2 is 2.33 bits per heavy atom. The van der Waals surface area contributed by atoms with Gasteiger partial charge in [0.2, 0.25) is 0 Å². The second-order valence-electron chi connectivity index (χ2n) is 3.28.